The van der Waals surface area contributed by atoms with Gasteiger partial charge in [-0.05, 0) is 23.5 Å². The van der Waals surface area contributed by atoms with Crippen molar-refractivity contribution in [2.45, 2.75) is 19.3 Å². The molecule has 0 N–H and O–H groups in total. The van der Waals surface area contributed by atoms with E-state index < -0.39 is 0 Å². The van der Waals surface area contributed by atoms with Crippen molar-refractivity contribution in [2.24, 2.45) is 5.92 Å². The number of allylic oxidation sites excluding steroid dienone is 1. The minimum absolute atomic E-state index is 0.0214. The third-order valence-corrected chi connectivity index (χ3v) is 4.08. The fourth-order valence-electron chi connectivity index (χ4n) is 2.72. The molecule has 2 rings (SSSR count). The summed E-state index contributed by atoms with van der Waals surface area (Å²) in [6.45, 7) is 4.55. The maximum Gasteiger partial charge on any atom is 0.246 e. The topological polar surface area (TPSA) is 46.6 Å². The van der Waals surface area contributed by atoms with Crippen LogP contribution in [0.2, 0.25) is 0 Å². The molecule has 0 bridgehead atoms. The molecule has 4 nitrogen and oxygen atoms in total. The molecule has 1 aromatic carbocycles. The largest absolute Gasteiger partial charge is 0.378 e. The van der Waals surface area contributed by atoms with Gasteiger partial charge in [-0.3, -0.25) is 4.79 Å². The Labute approximate surface area is 131 Å². The van der Waals surface area contributed by atoms with Crippen LogP contribution in [0.25, 0.3) is 0 Å². The summed E-state index contributed by atoms with van der Waals surface area (Å²) < 4.78 is 5.25. The number of carbonyl (C=O) groups excluding carboxylic acids is 2. The number of benzene rings is 1. The third kappa shape index (κ3) is 4.53. The first-order valence-corrected chi connectivity index (χ1v) is 7.76. The highest BCUT2D eigenvalue weighted by atomic mass is 16.5. The van der Waals surface area contributed by atoms with E-state index in [9.17, 15) is 9.59 Å². The highest BCUT2D eigenvalue weighted by Gasteiger charge is 2.18. The molecule has 2 atom stereocenters. The maximum absolute atomic E-state index is 12.1. The summed E-state index contributed by atoms with van der Waals surface area (Å²) in [5.41, 5.74) is 1.13. The fraction of sp³-hybridized carbons (Fsp3) is 0.444. The summed E-state index contributed by atoms with van der Waals surface area (Å²) in [7, 11) is 0. The van der Waals surface area contributed by atoms with Crippen molar-refractivity contribution in [3.63, 3.8) is 0 Å². The van der Waals surface area contributed by atoms with Crippen LogP contribution in [0.4, 0.5) is 0 Å². The van der Waals surface area contributed by atoms with Crippen LogP contribution in [0, 0.1) is 5.92 Å². The minimum Gasteiger partial charge on any atom is -0.378 e. The predicted octanol–water partition coefficient (Wildman–Crippen LogP) is 2.41. The summed E-state index contributed by atoms with van der Waals surface area (Å²) in [4.78, 5) is 24.9. The van der Waals surface area contributed by atoms with Gasteiger partial charge < -0.3 is 14.4 Å². The number of carbonyl (C=O) groups is 2. The second-order valence-corrected chi connectivity index (χ2v) is 5.58. The lowest BCUT2D eigenvalue weighted by atomic mass is 9.85. The molecular formula is C18H23NO3. The summed E-state index contributed by atoms with van der Waals surface area (Å²) in [6.07, 6.45) is 4.96. The van der Waals surface area contributed by atoms with E-state index in [4.69, 9.17) is 4.74 Å². The van der Waals surface area contributed by atoms with Crippen LogP contribution < -0.4 is 0 Å². The minimum atomic E-state index is 0.0214. The fourth-order valence-corrected chi connectivity index (χ4v) is 2.72. The van der Waals surface area contributed by atoms with E-state index in [-0.39, 0.29) is 17.7 Å². The van der Waals surface area contributed by atoms with Crippen molar-refractivity contribution in [1.29, 1.82) is 0 Å². The number of rotatable bonds is 6. The molecule has 1 aliphatic heterocycles. The predicted molar refractivity (Wildman–Crippen MR) is 85.6 cm³/mol. The van der Waals surface area contributed by atoms with Gasteiger partial charge in [0, 0.05) is 19.5 Å². The molecule has 1 fully saturated rings. The summed E-state index contributed by atoms with van der Waals surface area (Å²) in [6, 6.07) is 9.97. The zero-order valence-electron chi connectivity index (χ0n) is 13.0. The van der Waals surface area contributed by atoms with E-state index in [2.05, 4.69) is 0 Å². The number of hydrogen-bond donors (Lipinski definition) is 0. The van der Waals surface area contributed by atoms with Gasteiger partial charge >= 0.3 is 0 Å². The van der Waals surface area contributed by atoms with Gasteiger partial charge in [-0.25, -0.2) is 0 Å². The molecule has 0 radical (unpaired) electrons. The van der Waals surface area contributed by atoms with Crippen LogP contribution in [0.3, 0.4) is 0 Å². The Hall–Kier alpha value is -1.94. The first kappa shape index (κ1) is 16.4. The van der Waals surface area contributed by atoms with Gasteiger partial charge in [0.15, 0.2) is 0 Å². The summed E-state index contributed by atoms with van der Waals surface area (Å²) in [5, 5.41) is 0. The molecule has 4 heteroatoms. The lowest BCUT2D eigenvalue weighted by Crippen LogP contribution is -2.39. The number of morpholine rings is 1. The van der Waals surface area contributed by atoms with Crippen molar-refractivity contribution in [3.05, 3.63) is 48.0 Å². The molecule has 2 unspecified atom stereocenters. The van der Waals surface area contributed by atoms with Crippen molar-refractivity contribution >= 4 is 12.2 Å². The average Bonchev–Trinajstić information content (AvgIpc) is 2.58. The van der Waals surface area contributed by atoms with Crippen LogP contribution in [-0.4, -0.2) is 43.4 Å². The first-order chi connectivity index (χ1) is 10.7. The molecule has 0 saturated carbocycles. The zero-order valence-corrected chi connectivity index (χ0v) is 13.0. The van der Waals surface area contributed by atoms with Crippen LogP contribution in [0.15, 0.2) is 42.5 Å². The Kier molecular flexibility index (Phi) is 6.34. The van der Waals surface area contributed by atoms with Crippen molar-refractivity contribution in [1.82, 2.24) is 4.90 Å². The van der Waals surface area contributed by atoms with Gasteiger partial charge in [0.25, 0.3) is 0 Å². The van der Waals surface area contributed by atoms with E-state index in [1.807, 2.05) is 43.3 Å². The van der Waals surface area contributed by atoms with E-state index in [0.29, 0.717) is 32.7 Å². The van der Waals surface area contributed by atoms with Crippen LogP contribution in [0.5, 0.6) is 0 Å². The standard InChI is InChI=1S/C18H23NO3/c1-15(7-8-18(21)19-10-13-22-14-11-19)17(9-12-20)16-5-3-2-4-6-16/h2-8,12,15,17H,9-11,13-14H2,1H3/b8-7+. The first-order valence-electron chi connectivity index (χ1n) is 7.76. The van der Waals surface area contributed by atoms with Gasteiger partial charge in [0.1, 0.15) is 6.29 Å². The summed E-state index contributed by atoms with van der Waals surface area (Å²) in [5.74, 6) is 0.248. The Bertz CT molecular complexity index is 506. The van der Waals surface area contributed by atoms with Gasteiger partial charge in [-0.2, -0.15) is 0 Å². The molecule has 1 amide bonds. The van der Waals surface area contributed by atoms with E-state index in [1.165, 1.54) is 0 Å². The Morgan fingerprint density at radius 3 is 2.59 bits per heavy atom. The highest BCUT2D eigenvalue weighted by molar-refractivity contribution is 5.87. The third-order valence-electron chi connectivity index (χ3n) is 4.08. The summed E-state index contributed by atoms with van der Waals surface area (Å²) >= 11 is 0. The molecular weight excluding hydrogens is 278 g/mol. The van der Waals surface area contributed by atoms with Gasteiger partial charge in [0.05, 0.1) is 13.2 Å². The number of amides is 1. The molecule has 1 heterocycles. The molecule has 118 valence electrons. The molecule has 0 aromatic heterocycles. The molecule has 22 heavy (non-hydrogen) atoms. The molecule has 1 saturated heterocycles. The number of nitrogens with zero attached hydrogens (tertiary/aromatic N) is 1. The smallest absolute Gasteiger partial charge is 0.246 e. The SMILES string of the molecule is CC(/C=C/C(=O)N1CCOCC1)C(CC=O)c1ccccc1. The highest BCUT2D eigenvalue weighted by Crippen LogP contribution is 2.28. The monoisotopic (exact) mass is 301 g/mol. The van der Waals surface area contributed by atoms with E-state index in [1.54, 1.807) is 11.0 Å². The quantitative estimate of drug-likeness (QED) is 0.599. The Balaban J connectivity index is 2.01. The number of ether oxygens (including phenoxy) is 1. The van der Waals surface area contributed by atoms with Gasteiger partial charge in [0.2, 0.25) is 5.91 Å². The normalized spacial score (nSPS) is 18.1. The van der Waals surface area contributed by atoms with E-state index >= 15 is 0 Å². The Morgan fingerprint density at radius 2 is 1.95 bits per heavy atom. The number of hydrogen-bond acceptors (Lipinski definition) is 3. The maximum atomic E-state index is 12.1. The number of aldehydes is 1. The second kappa shape index (κ2) is 8.49. The van der Waals surface area contributed by atoms with Crippen LogP contribution >= 0.6 is 0 Å². The van der Waals surface area contributed by atoms with Crippen molar-refractivity contribution in [3.8, 4) is 0 Å². The van der Waals surface area contributed by atoms with Crippen molar-refractivity contribution in [2.75, 3.05) is 26.3 Å². The van der Waals surface area contributed by atoms with Gasteiger partial charge in [-0.1, -0.05) is 43.3 Å². The molecule has 0 aliphatic carbocycles. The van der Waals surface area contributed by atoms with Crippen LogP contribution in [-0.2, 0) is 14.3 Å². The average molecular weight is 301 g/mol. The Morgan fingerprint density at radius 1 is 1.27 bits per heavy atom. The zero-order chi connectivity index (χ0) is 15.8. The van der Waals surface area contributed by atoms with E-state index in [0.717, 1.165) is 11.8 Å². The molecule has 1 aromatic rings. The van der Waals surface area contributed by atoms with Crippen LogP contribution in [0.1, 0.15) is 24.8 Å². The van der Waals surface area contributed by atoms with Crippen molar-refractivity contribution < 1.29 is 14.3 Å². The lowest BCUT2D eigenvalue weighted by Gasteiger charge is -2.26. The lowest BCUT2D eigenvalue weighted by molar-refractivity contribution is -0.130. The van der Waals surface area contributed by atoms with Gasteiger partial charge in [-0.15, -0.1) is 0 Å². The molecule has 1 aliphatic rings. The molecule has 0 spiro atoms. The second-order valence-electron chi connectivity index (χ2n) is 5.58.